The van der Waals surface area contributed by atoms with Crippen LogP contribution in [0.2, 0.25) is 0 Å². The second-order valence-electron chi connectivity index (χ2n) is 3.12. The first kappa shape index (κ1) is 9.28. The highest BCUT2D eigenvalue weighted by molar-refractivity contribution is 5.80. The molecule has 0 aliphatic heterocycles. The lowest BCUT2D eigenvalue weighted by atomic mass is 10.2. The SMILES string of the molecule is CC#CCCC(=O)CNC1CC1. The van der Waals surface area contributed by atoms with Crippen LogP contribution in [0.1, 0.15) is 32.6 Å². The van der Waals surface area contributed by atoms with Crippen LogP contribution in [0, 0.1) is 11.8 Å². The van der Waals surface area contributed by atoms with Gasteiger partial charge in [0.25, 0.3) is 0 Å². The summed E-state index contributed by atoms with van der Waals surface area (Å²) >= 11 is 0. The number of hydrogen-bond acceptors (Lipinski definition) is 2. The molecule has 66 valence electrons. The molecule has 0 bridgehead atoms. The standard InChI is InChI=1S/C10H15NO/c1-2-3-4-5-10(12)8-11-9-6-7-9/h9,11H,4-8H2,1H3. The van der Waals surface area contributed by atoms with Crippen LogP contribution in [0.15, 0.2) is 0 Å². The number of hydrogen-bond donors (Lipinski definition) is 1. The lowest BCUT2D eigenvalue weighted by molar-refractivity contribution is -0.118. The van der Waals surface area contributed by atoms with Gasteiger partial charge in [-0.2, -0.15) is 0 Å². The molecule has 12 heavy (non-hydrogen) atoms. The number of carbonyl (C=O) groups excluding carboxylic acids is 1. The van der Waals surface area contributed by atoms with Crippen molar-refractivity contribution >= 4 is 5.78 Å². The minimum absolute atomic E-state index is 0.282. The molecular weight excluding hydrogens is 150 g/mol. The highest BCUT2D eigenvalue weighted by Gasteiger charge is 2.20. The summed E-state index contributed by atoms with van der Waals surface area (Å²) in [5.41, 5.74) is 0. The van der Waals surface area contributed by atoms with Gasteiger partial charge in [-0.05, 0) is 19.8 Å². The third kappa shape index (κ3) is 4.15. The molecule has 1 aliphatic rings. The Kier molecular flexibility index (Phi) is 3.83. The van der Waals surface area contributed by atoms with Crippen molar-refractivity contribution in [2.45, 2.75) is 38.6 Å². The molecule has 0 spiro atoms. The zero-order chi connectivity index (χ0) is 8.81. The molecule has 1 N–H and O–H groups in total. The molecule has 0 aromatic heterocycles. The monoisotopic (exact) mass is 165 g/mol. The first-order valence-corrected chi connectivity index (χ1v) is 4.47. The third-order valence-corrected chi connectivity index (χ3v) is 1.87. The Hall–Kier alpha value is -0.810. The lowest BCUT2D eigenvalue weighted by Crippen LogP contribution is -2.24. The maximum atomic E-state index is 11.1. The van der Waals surface area contributed by atoms with Gasteiger partial charge in [0.1, 0.15) is 5.78 Å². The van der Waals surface area contributed by atoms with Gasteiger partial charge < -0.3 is 5.32 Å². The minimum Gasteiger partial charge on any atom is -0.307 e. The van der Waals surface area contributed by atoms with Gasteiger partial charge in [0.15, 0.2) is 0 Å². The molecule has 2 nitrogen and oxygen atoms in total. The summed E-state index contributed by atoms with van der Waals surface area (Å²) < 4.78 is 0. The molecule has 0 heterocycles. The van der Waals surface area contributed by atoms with E-state index in [2.05, 4.69) is 17.2 Å². The number of carbonyl (C=O) groups is 1. The van der Waals surface area contributed by atoms with Gasteiger partial charge in [0.2, 0.25) is 0 Å². The van der Waals surface area contributed by atoms with Gasteiger partial charge in [-0.3, -0.25) is 4.79 Å². The molecule has 0 aromatic rings. The summed E-state index contributed by atoms with van der Waals surface area (Å²) in [4.78, 5) is 11.1. The Balaban J connectivity index is 1.97. The Morgan fingerprint density at radius 1 is 1.58 bits per heavy atom. The Morgan fingerprint density at radius 2 is 2.33 bits per heavy atom. The first-order chi connectivity index (χ1) is 5.83. The highest BCUT2D eigenvalue weighted by atomic mass is 16.1. The first-order valence-electron chi connectivity index (χ1n) is 4.47. The Morgan fingerprint density at radius 3 is 2.92 bits per heavy atom. The molecule has 0 unspecified atom stereocenters. The van der Waals surface area contributed by atoms with Crippen LogP contribution in [0.25, 0.3) is 0 Å². The molecule has 1 rings (SSSR count). The maximum absolute atomic E-state index is 11.1. The molecule has 0 radical (unpaired) electrons. The van der Waals surface area contributed by atoms with Crippen molar-refractivity contribution < 1.29 is 4.79 Å². The van der Waals surface area contributed by atoms with Gasteiger partial charge in [-0.25, -0.2) is 0 Å². The molecule has 1 fully saturated rings. The minimum atomic E-state index is 0.282. The van der Waals surface area contributed by atoms with Crippen molar-refractivity contribution in [2.75, 3.05) is 6.54 Å². The molecule has 0 saturated heterocycles. The fraction of sp³-hybridized carbons (Fsp3) is 0.700. The summed E-state index contributed by atoms with van der Waals surface area (Å²) in [5, 5.41) is 3.19. The van der Waals surface area contributed by atoms with Gasteiger partial charge in [0, 0.05) is 18.9 Å². The molecule has 2 heteroatoms. The van der Waals surface area contributed by atoms with E-state index in [0.29, 0.717) is 25.4 Å². The number of ketones is 1. The summed E-state index contributed by atoms with van der Waals surface area (Å²) in [6.07, 6.45) is 3.78. The van der Waals surface area contributed by atoms with E-state index in [4.69, 9.17) is 0 Å². The van der Waals surface area contributed by atoms with Crippen molar-refractivity contribution in [1.29, 1.82) is 0 Å². The van der Waals surface area contributed by atoms with E-state index >= 15 is 0 Å². The molecular formula is C10H15NO. The molecule has 0 atom stereocenters. The van der Waals surface area contributed by atoms with E-state index in [1.807, 2.05) is 0 Å². The van der Waals surface area contributed by atoms with Gasteiger partial charge in [-0.15, -0.1) is 11.8 Å². The van der Waals surface area contributed by atoms with E-state index in [1.165, 1.54) is 12.8 Å². The topological polar surface area (TPSA) is 29.1 Å². The van der Waals surface area contributed by atoms with E-state index in [9.17, 15) is 4.79 Å². The lowest BCUT2D eigenvalue weighted by Gasteiger charge is -1.98. The van der Waals surface area contributed by atoms with E-state index < -0.39 is 0 Å². The average molecular weight is 165 g/mol. The highest BCUT2D eigenvalue weighted by Crippen LogP contribution is 2.18. The predicted molar refractivity (Wildman–Crippen MR) is 48.7 cm³/mol. The summed E-state index contributed by atoms with van der Waals surface area (Å²) in [6.45, 7) is 2.34. The van der Waals surface area contributed by atoms with Crippen LogP contribution in [0.4, 0.5) is 0 Å². The average Bonchev–Trinajstić information content (AvgIpc) is 2.84. The predicted octanol–water partition coefficient (Wildman–Crippen LogP) is 1.11. The summed E-state index contributed by atoms with van der Waals surface area (Å²) in [5.74, 6) is 5.94. The zero-order valence-electron chi connectivity index (χ0n) is 7.52. The second-order valence-corrected chi connectivity index (χ2v) is 3.12. The van der Waals surface area contributed by atoms with Gasteiger partial charge >= 0.3 is 0 Å². The fourth-order valence-corrected chi connectivity index (χ4v) is 0.961. The molecule has 0 aromatic carbocycles. The third-order valence-electron chi connectivity index (χ3n) is 1.87. The largest absolute Gasteiger partial charge is 0.307 e. The Labute approximate surface area is 73.7 Å². The summed E-state index contributed by atoms with van der Waals surface area (Å²) in [7, 11) is 0. The van der Waals surface area contributed by atoms with Crippen molar-refractivity contribution in [1.82, 2.24) is 5.32 Å². The van der Waals surface area contributed by atoms with Crippen molar-refractivity contribution in [3.8, 4) is 11.8 Å². The van der Waals surface area contributed by atoms with Gasteiger partial charge in [0.05, 0.1) is 6.54 Å². The van der Waals surface area contributed by atoms with Crippen LogP contribution < -0.4 is 5.32 Å². The van der Waals surface area contributed by atoms with Crippen molar-refractivity contribution in [3.63, 3.8) is 0 Å². The van der Waals surface area contributed by atoms with Crippen LogP contribution in [-0.2, 0) is 4.79 Å². The number of nitrogens with one attached hydrogen (secondary N) is 1. The van der Waals surface area contributed by atoms with E-state index in [1.54, 1.807) is 6.92 Å². The summed E-state index contributed by atoms with van der Waals surface area (Å²) in [6, 6.07) is 0.631. The van der Waals surface area contributed by atoms with Crippen molar-refractivity contribution in [3.05, 3.63) is 0 Å². The van der Waals surface area contributed by atoms with E-state index in [-0.39, 0.29) is 5.78 Å². The molecule has 0 amide bonds. The maximum Gasteiger partial charge on any atom is 0.147 e. The molecule has 1 saturated carbocycles. The van der Waals surface area contributed by atoms with Crippen LogP contribution in [0.3, 0.4) is 0 Å². The quantitative estimate of drug-likeness (QED) is 0.618. The fourth-order valence-electron chi connectivity index (χ4n) is 0.961. The number of rotatable bonds is 5. The van der Waals surface area contributed by atoms with E-state index in [0.717, 1.165) is 0 Å². The Bertz CT molecular complexity index is 208. The van der Waals surface area contributed by atoms with Gasteiger partial charge in [-0.1, -0.05) is 0 Å². The van der Waals surface area contributed by atoms with Crippen LogP contribution >= 0.6 is 0 Å². The van der Waals surface area contributed by atoms with Crippen LogP contribution in [0.5, 0.6) is 0 Å². The zero-order valence-corrected chi connectivity index (χ0v) is 7.52. The second kappa shape index (κ2) is 4.95. The van der Waals surface area contributed by atoms with Crippen molar-refractivity contribution in [2.24, 2.45) is 0 Å². The van der Waals surface area contributed by atoms with Crippen LogP contribution in [-0.4, -0.2) is 18.4 Å². The smallest absolute Gasteiger partial charge is 0.147 e. The normalized spacial score (nSPS) is 15.1. The molecule has 1 aliphatic carbocycles. The number of Topliss-reactive ketones (excluding diaryl/α,β-unsaturated/α-hetero) is 1.